The van der Waals surface area contributed by atoms with Crippen LogP contribution in [0.25, 0.3) is 0 Å². The van der Waals surface area contributed by atoms with Crippen LogP contribution in [0.5, 0.6) is 0 Å². The first-order valence-electron chi connectivity index (χ1n) is 6.15. The first-order chi connectivity index (χ1) is 7.62. The van der Waals surface area contributed by atoms with Gasteiger partial charge in [-0.3, -0.25) is 4.79 Å². The standard InChI is InChI=1S/C13H24O3Si/c1-10(14)15-11-7-8-12(9-11)16-17(5,6)13(2,3)4/h7-8,11-12H,9H2,1-6H3/t11-,12+/m0/s1. The number of carbonyl (C=O) groups excluding carboxylic acids is 1. The lowest BCUT2D eigenvalue weighted by Crippen LogP contribution is -2.43. The van der Waals surface area contributed by atoms with Gasteiger partial charge in [-0.2, -0.15) is 0 Å². The molecule has 0 aromatic heterocycles. The van der Waals surface area contributed by atoms with Crippen LogP contribution in [0, 0.1) is 0 Å². The first kappa shape index (κ1) is 14.4. The van der Waals surface area contributed by atoms with Gasteiger partial charge in [0.05, 0.1) is 6.10 Å². The van der Waals surface area contributed by atoms with E-state index < -0.39 is 8.32 Å². The Morgan fingerprint density at radius 3 is 2.24 bits per heavy atom. The number of hydrogen-bond acceptors (Lipinski definition) is 3. The molecule has 0 aromatic rings. The van der Waals surface area contributed by atoms with Crippen molar-refractivity contribution in [1.82, 2.24) is 0 Å². The lowest BCUT2D eigenvalue weighted by molar-refractivity contribution is -0.144. The highest BCUT2D eigenvalue weighted by molar-refractivity contribution is 6.74. The third-order valence-corrected chi connectivity index (χ3v) is 8.08. The second-order valence-corrected chi connectivity index (χ2v) is 10.9. The molecule has 1 rings (SSSR count). The third kappa shape index (κ3) is 3.96. The summed E-state index contributed by atoms with van der Waals surface area (Å²) < 4.78 is 11.4. The molecule has 0 unspecified atom stereocenters. The molecule has 0 radical (unpaired) electrons. The monoisotopic (exact) mass is 256 g/mol. The lowest BCUT2D eigenvalue weighted by Gasteiger charge is -2.38. The predicted octanol–water partition coefficient (Wildman–Crippen LogP) is 3.27. The van der Waals surface area contributed by atoms with Crippen LogP contribution in [0.1, 0.15) is 34.1 Å². The van der Waals surface area contributed by atoms with Crippen molar-refractivity contribution in [2.24, 2.45) is 0 Å². The van der Waals surface area contributed by atoms with Crippen LogP contribution in [0.2, 0.25) is 18.1 Å². The molecular weight excluding hydrogens is 232 g/mol. The molecule has 0 N–H and O–H groups in total. The van der Waals surface area contributed by atoms with Crippen molar-refractivity contribution in [2.45, 2.75) is 64.5 Å². The number of carbonyl (C=O) groups is 1. The van der Waals surface area contributed by atoms with E-state index >= 15 is 0 Å². The van der Waals surface area contributed by atoms with E-state index in [-0.39, 0.29) is 23.2 Å². The van der Waals surface area contributed by atoms with E-state index in [1.54, 1.807) is 0 Å². The highest BCUT2D eigenvalue weighted by atomic mass is 28.4. The summed E-state index contributed by atoms with van der Waals surface area (Å²) in [6.45, 7) is 12.6. The van der Waals surface area contributed by atoms with E-state index in [4.69, 9.17) is 9.16 Å². The van der Waals surface area contributed by atoms with Crippen LogP contribution in [-0.2, 0) is 14.0 Å². The van der Waals surface area contributed by atoms with Gasteiger partial charge in [-0.05, 0) is 24.2 Å². The minimum Gasteiger partial charge on any atom is -0.458 e. The Morgan fingerprint density at radius 2 is 1.76 bits per heavy atom. The molecule has 17 heavy (non-hydrogen) atoms. The maximum Gasteiger partial charge on any atom is 0.303 e. The molecule has 0 aromatic carbocycles. The van der Waals surface area contributed by atoms with Crippen LogP contribution in [-0.4, -0.2) is 26.5 Å². The van der Waals surface area contributed by atoms with Crippen molar-refractivity contribution in [3.63, 3.8) is 0 Å². The molecule has 3 nitrogen and oxygen atoms in total. The predicted molar refractivity (Wildman–Crippen MR) is 71.4 cm³/mol. The Labute approximate surface area is 105 Å². The smallest absolute Gasteiger partial charge is 0.303 e. The average Bonchev–Trinajstić information content (AvgIpc) is 2.48. The fourth-order valence-electron chi connectivity index (χ4n) is 1.58. The first-order valence-corrected chi connectivity index (χ1v) is 9.06. The molecule has 0 heterocycles. The van der Waals surface area contributed by atoms with Crippen molar-refractivity contribution in [2.75, 3.05) is 0 Å². The number of rotatable bonds is 3. The second kappa shape index (κ2) is 4.94. The Bertz CT molecular complexity index is 315. The number of hydrogen-bond donors (Lipinski definition) is 0. The third-order valence-electron chi connectivity index (χ3n) is 3.57. The second-order valence-electron chi connectivity index (χ2n) is 6.19. The van der Waals surface area contributed by atoms with Gasteiger partial charge in [-0.1, -0.05) is 26.8 Å². The maximum atomic E-state index is 10.9. The van der Waals surface area contributed by atoms with E-state index in [1.165, 1.54) is 6.92 Å². The fourth-order valence-corrected chi connectivity index (χ4v) is 2.86. The van der Waals surface area contributed by atoms with Crippen LogP contribution in [0.4, 0.5) is 0 Å². The summed E-state index contributed by atoms with van der Waals surface area (Å²) in [5.41, 5.74) is 0. The summed E-state index contributed by atoms with van der Waals surface area (Å²) in [6, 6.07) is 0. The van der Waals surface area contributed by atoms with Gasteiger partial charge in [-0.15, -0.1) is 0 Å². The van der Waals surface area contributed by atoms with Crippen molar-refractivity contribution < 1.29 is 14.0 Å². The van der Waals surface area contributed by atoms with E-state index in [9.17, 15) is 4.79 Å². The highest BCUT2D eigenvalue weighted by Crippen LogP contribution is 2.38. The van der Waals surface area contributed by atoms with Crippen LogP contribution < -0.4 is 0 Å². The maximum absolute atomic E-state index is 10.9. The summed E-state index contributed by atoms with van der Waals surface area (Å²) in [7, 11) is -1.73. The molecule has 0 spiro atoms. The molecule has 0 fully saturated rings. The van der Waals surface area contributed by atoms with Gasteiger partial charge in [0.1, 0.15) is 6.10 Å². The number of esters is 1. The average molecular weight is 256 g/mol. The van der Waals surface area contributed by atoms with E-state index in [1.807, 2.05) is 12.2 Å². The van der Waals surface area contributed by atoms with Crippen molar-refractivity contribution in [3.8, 4) is 0 Å². The molecule has 1 aliphatic rings. The Balaban J connectivity index is 2.52. The minimum atomic E-state index is -1.73. The summed E-state index contributed by atoms with van der Waals surface area (Å²) in [5, 5.41) is 0.209. The summed E-state index contributed by atoms with van der Waals surface area (Å²) in [5.74, 6) is -0.229. The quantitative estimate of drug-likeness (QED) is 0.442. The molecule has 0 saturated carbocycles. The Kier molecular flexibility index (Phi) is 4.20. The molecule has 2 atom stereocenters. The van der Waals surface area contributed by atoms with Crippen molar-refractivity contribution >= 4 is 14.3 Å². The van der Waals surface area contributed by atoms with Gasteiger partial charge in [0.15, 0.2) is 8.32 Å². The SMILES string of the molecule is CC(=O)O[C@H]1C=C[C@@H](O[Si](C)(C)C(C)(C)C)C1. The topological polar surface area (TPSA) is 35.5 Å². The van der Waals surface area contributed by atoms with Crippen LogP contribution >= 0.6 is 0 Å². The molecule has 0 saturated heterocycles. The van der Waals surface area contributed by atoms with E-state index in [0.29, 0.717) is 0 Å². The molecule has 0 aliphatic heterocycles. The number of ether oxygens (including phenoxy) is 1. The van der Waals surface area contributed by atoms with Crippen molar-refractivity contribution in [1.29, 1.82) is 0 Å². The largest absolute Gasteiger partial charge is 0.458 e. The lowest BCUT2D eigenvalue weighted by atomic mass is 10.2. The molecule has 0 bridgehead atoms. The highest BCUT2D eigenvalue weighted by Gasteiger charge is 2.39. The fraction of sp³-hybridized carbons (Fsp3) is 0.769. The molecule has 0 amide bonds. The van der Waals surface area contributed by atoms with Gasteiger partial charge in [0.25, 0.3) is 0 Å². The normalized spacial score (nSPS) is 25.1. The van der Waals surface area contributed by atoms with Crippen LogP contribution in [0.3, 0.4) is 0 Å². The zero-order chi connectivity index (χ0) is 13.3. The Hall–Kier alpha value is -0.613. The van der Waals surface area contributed by atoms with Gasteiger partial charge < -0.3 is 9.16 Å². The summed E-state index contributed by atoms with van der Waals surface area (Å²) in [4.78, 5) is 10.9. The molecular formula is C13H24O3Si. The van der Waals surface area contributed by atoms with Gasteiger partial charge >= 0.3 is 5.97 Å². The van der Waals surface area contributed by atoms with Crippen molar-refractivity contribution in [3.05, 3.63) is 12.2 Å². The zero-order valence-electron chi connectivity index (χ0n) is 11.7. The molecule has 98 valence electrons. The minimum absolute atomic E-state index is 0.0974. The van der Waals surface area contributed by atoms with Gasteiger partial charge in [-0.25, -0.2) is 0 Å². The van der Waals surface area contributed by atoms with Crippen LogP contribution in [0.15, 0.2) is 12.2 Å². The van der Waals surface area contributed by atoms with E-state index in [2.05, 4.69) is 33.9 Å². The van der Waals surface area contributed by atoms with Gasteiger partial charge in [0, 0.05) is 13.3 Å². The van der Waals surface area contributed by atoms with Gasteiger partial charge in [0.2, 0.25) is 0 Å². The Morgan fingerprint density at radius 1 is 1.24 bits per heavy atom. The van der Waals surface area contributed by atoms with E-state index in [0.717, 1.165) is 6.42 Å². The molecule has 4 heteroatoms. The summed E-state index contributed by atoms with van der Waals surface area (Å²) in [6.07, 6.45) is 4.70. The molecule has 1 aliphatic carbocycles. The zero-order valence-corrected chi connectivity index (χ0v) is 12.7. The summed E-state index contributed by atoms with van der Waals surface area (Å²) >= 11 is 0.